The maximum absolute atomic E-state index is 5.36. The van der Waals surface area contributed by atoms with E-state index in [4.69, 9.17) is 9.47 Å². The van der Waals surface area contributed by atoms with Gasteiger partial charge in [0.1, 0.15) is 17.5 Å². The fourth-order valence-corrected chi connectivity index (χ4v) is 2.85. The summed E-state index contributed by atoms with van der Waals surface area (Å²) in [6, 6.07) is 15.7. The molecule has 0 unspecified atom stereocenters. The molecule has 140 valence electrons. The number of hydrogen-bond donors (Lipinski definition) is 2. The van der Waals surface area contributed by atoms with Crippen LogP contribution in [0, 0.1) is 6.92 Å². The van der Waals surface area contributed by atoms with E-state index in [-0.39, 0.29) is 0 Å². The average Bonchev–Trinajstić information content (AvgIpc) is 2.67. The zero-order valence-electron chi connectivity index (χ0n) is 16.0. The molecule has 0 amide bonds. The lowest BCUT2D eigenvalue weighted by atomic mass is 10.1. The number of ether oxygens (including phenoxy) is 2. The number of benzene rings is 2. The van der Waals surface area contributed by atoms with Crippen LogP contribution in [0.15, 0.2) is 48.5 Å². The van der Waals surface area contributed by atoms with Crippen molar-refractivity contribution in [2.24, 2.45) is 0 Å². The summed E-state index contributed by atoms with van der Waals surface area (Å²) >= 11 is 0. The standard InChI is InChI=1S/C21H24N4O2/c1-5-15-8-6-7-9-17(15)25-21-13-20(22-14(2)23-21)24-16-10-11-18(26-3)19(12-16)27-4/h6-13H,5H2,1-4H3,(H2,22,23,24,25). The fourth-order valence-electron chi connectivity index (χ4n) is 2.85. The molecule has 0 fully saturated rings. The van der Waals surface area contributed by atoms with Gasteiger partial charge in [-0.2, -0.15) is 0 Å². The van der Waals surface area contributed by atoms with Crippen LogP contribution in [0.25, 0.3) is 0 Å². The van der Waals surface area contributed by atoms with Gasteiger partial charge in [-0.15, -0.1) is 0 Å². The van der Waals surface area contributed by atoms with Gasteiger partial charge >= 0.3 is 0 Å². The number of nitrogens with zero attached hydrogens (tertiary/aromatic N) is 2. The Morgan fingerprint density at radius 1 is 0.852 bits per heavy atom. The first kappa shape index (κ1) is 18.5. The lowest BCUT2D eigenvalue weighted by molar-refractivity contribution is 0.355. The minimum Gasteiger partial charge on any atom is -0.493 e. The largest absolute Gasteiger partial charge is 0.493 e. The minimum absolute atomic E-state index is 0.656. The predicted octanol–water partition coefficient (Wildman–Crippen LogP) is 4.85. The molecule has 0 aliphatic carbocycles. The van der Waals surface area contributed by atoms with Gasteiger partial charge < -0.3 is 20.1 Å². The summed E-state index contributed by atoms with van der Waals surface area (Å²) in [4.78, 5) is 8.98. The van der Waals surface area contributed by atoms with Crippen LogP contribution in [0.5, 0.6) is 11.5 Å². The molecule has 27 heavy (non-hydrogen) atoms. The third kappa shape index (κ3) is 4.47. The van der Waals surface area contributed by atoms with Crippen LogP contribution in [0.2, 0.25) is 0 Å². The quantitative estimate of drug-likeness (QED) is 0.624. The van der Waals surface area contributed by atoms with Gasteiger partial charge in [0.05, 0.1) is 14.2 Å². The molecular formula is C21H24N4O2. The smallest absolute Gasteiger partial charge is 0.162 e. The molecule has 6 nitrogen and oxygen atoms in total. The summed E-state index contributed by atoms with van der Waals surface area (Å²) in [6.07, 6.45) is 0.948. The third-order valence-corrected chi connectivity index (χ3v) is 4.15. The van der Waals surface area contributed by atoms with Gasteiger partial charge in [0.25, 0.3) is 0 Å². The molecule has 0 radical (unpaired) electrons. The maximum Gasteiger partial charge on any atom is 0.162 e. The van der Waals surface area contributed by atoms with Gasteiger partial charge in [0.15, 0.2) is 11.5 Å². The summed E-state index contributed by atoms with van der Waals surface area (Å²) in [5, 5.41) is 6.69. The van der Waals surface area contributed by atoms with E-state index in [1.54, 1.807) is 14.2 Å². The molecule has 2 N–H and O–H groups in total. The molecule has 3 rings (SSSR count). The van der Waals surface area contributed by atoms with Crippen molar-refractivity contribution in [2.75, 3.05) is 24.9 Å². The normalized spacial score (nSPS) is 10.4. The predicted molar refractivity (Wildman–Crippen MR) is 109 cm³/mol. The molecular weight excluding hydrogens is 340 g/mol. The van der Waals surface area contributed by atoms with Gasteiger partial charge in [0, 0.05) is 23.5 Å². The Morgan fingerprint density at radius 3 is 2.26 bits per heavy atom. The SMILES string of the molecule is CCc1ccccc1Nc1cc(Nc2ccc(OC)c(OC)c2)nc(C)n1. The fraction of sp³-hybridized carbons (Fsp3) is 0.238. The van der Waals surface area contributed by atoms with Crippen LogP contribution in [-0.2, 0) is 6.42 Å². The van der Waals surface area contributed by atoms with Crippen LogP contribution in [0.4, 0.5) is 23.0 Å². The molecule has 0 bridgehead atoms. The van der Waals surface area contributed by atoms with Crippen molar-refractivity contribution in [1.82, 2.24) is 9.97 Å². The highest BCUT2D eigenvalue weighted by Crippen LogP contribution is 2.31. The van der Waals surface area contributed by atoms with Gasteiger partial charge in [-0.05, 0) is 37.1 Å². The topological polar surface area (TPSA) is 68.3 Å². The van der Waals surface area contributed by atoms with Crippen LogP contribution in [0.1, 0.15) is 18.3 Å². The summed E-state index contributed by atoms with van der Waals surface area (Å²) in [7, 11) is 3.23. The van der Waals surface area contributed by atoms with Crippen LogP contribution < -0.4 is 20.1 Å². The van der Waals surface area contributed by atoms with Gasteiger partial charge in [0.2, 0.25) is 0 Å². The zero-order valence-corrected chi connectivity index (χ0v) is 16.0. The van der Waals surface area contributed by atoms with Gasteiger partial charge in [-0.3, -0.25) is 0 Å². The van der Waals surface area contributed by atoms with E-state index in [2.05, 4.69) is 39.7 Å². The van der Waals surface area contributed by atoms with Crippen molar-refractivity contribution in [3.05, 3.63) is 59.9 Å². The number of methoxy groups -OCH3 is 2. The van der Waals surface area contributed by atoms with E-state index >= 15 is 0 Å². The van der Waals surface area contributed by atoms with Crippen LogP contribution in [0.3, 0.4) is 0 Å². The minimum atomic E-state index is 0.656. The molecule has 1 aromatic heterocycles. The zero-order chi connectivity index (χ0) is 19.2. The Labute approximate surface area is 159 Å². The van der Waals surface area contributed by atoms with E-state index in [0.29, 0.717) is 23.1 Å². The highest BCUT2D eigenvalue weighted by atomic mass is 16.5. The Hall–Kier alpha value is -3.28. The average molecular weight is 364 g/mol. The summed E-state index contributed by atoms with van der Waals surface area (Å²) < 4.78 is 10.6. The highest BCUT2D eigenvalue weighted by molar-refractivity contribution is 5.66. The molecule has 6 heteroatoms. The Kier molecular flexibility index (Phi) is 5.76. The second-order valence-electron chi connectivity index (χ2n) is 6.02. The molecule has 0 aliphatic heterocycles. The van der Waals surface area contributed by atoms with Gasteiger partial charge in [-0.1, -0.05) is 25.1 Å². The van der Waals surface area contributed by atoms with Crippen molar-refractivity contribution in [3.8, 4) is 11.5 Å². The number of anilines is 4. The van der Waals surface area contributed by atoms with E-state index in [9.17, 15) is 0 Å². The molecule has 0 saturated heterocycles. The third-order valence-electron chi connectivity index (χ3n) is 4.15. The molecule has 0 aliphatic rings. The Bertz CT molecular complexity index is 928. The first-order valence-electron chi connectivity index (χ1n) is 8.82. The number of rotatable bonds is 7. The number of nitrogens with one attached hydrogen (secondary N) is 2. The van der Waals surface area contributed by atoms with Crippen molar-refractivity contribution in [1.29, 1.82) is 0 Å². The van der Waals surface area contributed by atoms with Crippen molar-refractivity contribution in [2.45, 2.75) is 20.3 Å². The first-order chi connectivity index (χ1) is 13.1. The molecule has 0 spiro atoms. The summed E-state index contributed by atoms with van der Waals surface area (Å²) in [5.41, 5.74) is 3.14. The van der Waals surface area contributed by atoms with Gasteiger partial charge in [-0.25, -0.2) is 9.97 Å². The Morgan fingerprint density at radius 2 is 1.56 bits per heavy atom. The lowest BCUT2D eigenvalue weighted by Crippen LogP contribution is -2.03. The number of aryl methyl sites for hydroxylation is 2. The second-order valence-corrected chi connectivity index (χ2v) is 6.02. The second kappa shape index (κ2) is 8.40. The lowest BCUT2D eigenvalue weighted by Gasteiger charge is -2.13. The molecule has 2 aromatic carbocycles. The van der Waals surface area contributed by atoms with Crippen molar-refractivity contribution < 1.29 is 9.47 Å². The van der Waals surface area contributed by atoms with Crippen molar-refractivity contribution in [3.63, 3.8) is 0 Å². The molecule has 0 atom stereocenters. The number of hydrogen-bond acceptors (Lipinski definition) is 6. The van der Waals surface area contributed by atoms with E-state index in [0.717, 1.165) is 23.6 Å². The molecule has 1 heterocycles. The molecule has 0 saturated carbocycles. The van der Waals surface area contributed by atoms with Crippen molar-refractivity contribution >= 4 is 23.0 Å². The van der Waals surface area contributed by atoms with E-state index in [1.165, 1.54) is 5.56 Å². The monoisotopic (exact) mass is 364 g/mol. The number of para-hydroxylation sites is 1. The maximum atomic E-state index is 5.36. The molecule has 3 aromatic rings. The van der Waals surface area contributed by atoms with E-state index in [1.807, 2.05) is 43.3 Å². The summed E-state index contributed by atoms with van der Waals surface area (Å²) in [5.74, 6) is 3.46. The summed E-state index contributed by atoms with van der Waals surface area (Å²) in [6.45, 7) is 4.01. The Balaban J connectivity index is 1.85. The van der Waals surface area contributed by atoms with Crippen LogP contribution >= 0.6 is 0 Å². The number of aromatic nitrogens is 2. The van der Waals surface area contributed by atoms with Crippen LogP contribution in [-0.4, -0.2) is 24.2 Å². The first-order valence-corrected chi connectivity index (χ1v) is 8.82. The highest BCUT2D eigenvalue weighted by Gasteiger charge is 2.08. The van der Waals surface area contributed by atoms with E-state index < -0.39 is 0 Å².